The Morgan fingerprint density at radius 1 is 0.407 bits per heavy atom. The minimum Gasteiger partial charge on any atom is -0.497 e. The van der Waals surface area contributed by atoms with E-state index in [9.17, 15) is 0 Å². The minimum absolute atomic E-state index is 0.631. The number of aromatic nitrogens is 3. The first kappa shape index (κ1) is 56.3. The van der Waals surface area contributed by atoms with E-state index in [0.29, 0.717) is 12.4 Å². The standard InChI is InChI=1S/C23H15N3O.3C16H18O2/c1-2-5-18-17(4-1)21-16-8-7-14(23-25-12-24-13-26-23)10-15(16)11-20(21)19-6-3-9-27-22(18)19;3*1-17-15-9-5-13(6-10-15)3-4-14-7-11-16(18-2)12-8-14/h1-8,10,12-13H,9,11H2;3*5-12H,3-4H2,1-2H3. The highest BCUT2D eigenvalue weighted by Gasteiger charge is 2.28. The van der Waals surface area contributed by atoms with E-state index in [4.69, 9.17) is 33.2 Å². The summed E-state index contributed by atoms with van der Waals surface area (Å²) < 4.78 is 36.9. The van der Waals surface area contributed by atoms with Crippen LogP contribution in [0, 0.1) is 0 Å². The topological polar surface area (TPSA) is 103 Å². The number of methoxy groups -OCH3 is 6. The van der Waals surface area contributed by atoms with Crippen LogP contribution in [0.15, 0.2) is 207 Å². The van der Waals surface area contributed by atoms with Gasteiger partial charge in [-0.05, 0) is 191 Å². The first-order chi connectivity index (χ1) is 39.8. The van der Waals surface area contributed by atoms with Gasteiger partial charge in [-0.3, -0.25) is 0 Å². The van der Waals surface area contributed by atoms with Gasteiger partial charge in [-0.2, -0.15) is 0 Å². The van der Waals surface area contributed by atoms with Gasteiger partial charge in [0.2, 0.25) is 0 Å². The van der Waals surface area contributed by atoms with E-state index in [2.05, 4.69) is 142 Å². The number of nitrogens with zero attached hydrogens (tertiary/aromatic N) is 3. The minimum atomic E-state index is 0.631. The number of benzene rings is 9. The summed E-state index contributed by atoms with van der Waals surface area (Å²) in [6, 6.07) is 64.4. The van der Waals surface area contributed by atoms with Crippen LogP contribution >= 0.6 is 0 Å². The molecule has 0 fully saturated rings. The molecule has 0 spiro atoms. The fourth-order valence-electron chi connectivity index (χ4n) is 9.92. The van der Waals surface area contributed by atoms with Crippen LogP contribution in [-0.2, 0) is 44.9 Å². The molecule has 10 heteroatoms. The third-order valence-corrected chi connectivity index (χ3v) is 14.5. The summed E-state index contributed by atoms with van der Waals surface area (Å²) in [5.41, 5.74) is 15.5. The Morgan fingerprint density at radius 3 is 1.12 bits per heavy atom. The zero-order chi connectivity index (χ0) is 56.2. The molecule has 410 valence electrons. The van der Waals surface area contributed by atoms with Crippen molar-refractivity contribution in [2.45, 2.75) is 44.9 Å². The first-order valence-electron chi connectivity index (χ1n) is 27.2. The number of aryl methyl sites for hydroxylation is 6. The molecule has 2 aliphatic rings. The van der Waals surface area contributed by atoms with E-state index in [0.717, 1.165) is 90.8 Å². The van der Waals surface area contributed by atoms with Crippen molar-refractivity contribution in [1.82, 2.24) is 15.0 Å². The van der Waals surface area contributed by atoms with Gasteiger partial charge < -0.3 is 33.2 Å². The average Bonchev–Trinajstić information content (AvgIpc) is 4.01. The van der Waals surface area contributed by atoms with Gasteiger partial charge in [-0.25, -0.2) is 15.0 Å². The fourth-order valence-corrected chi connectivity index (χ4v) is 9.92. The lowest BCUT2D eigenvalue weighted by Crippen LogP contribution is -2.04. The molecule has 0 unspecified atom stereocenters. The predicted octanol–water partition coefficient (Wildman–Crippen LogP) is 15.1. The summed E-state index contributed by atoms with van der Waals surface area (Å²) in [6.45, 7) is 0.631. The second kappa shape index (κ2) is 28.5. The average molecular weight is 1080 g/mol. The SMILES string of the molecule is C1=Cc2c3c(c4ccccc4c2OC1)-c1ccc(-c2ncncn2)cc1C3.COc1ccc(CCc2ccc(OC)cc2)cc1.COc1ccc(CCc2ccc(OC)cc2)cc1.COc1ccc(CCc2ccc(OC)cc2)cc1. The van der Waals surface area contributed by atoms with Crippen LogP contribution < -0.4 is 33.2 Å². The zero-order valence-corrected chi connectivity index (χ0v) is 47.1. The van der Waals surface area contributed by atoms with Crippen molar-refractivity contribution in [2.75, 3.05) is 49.3 Å². The number of hydrogen-bond acceptors (Lipinski definition) is 10. The highest BCUT2D eigenvalue weighted by Crippen LogP contribution is 2.49. The lowest BCUT2D eigenvalue weighted by atomic mass is 9.92. The first-order valence-corrected chi connectivity index (χ1v) is 27.2. The van der Waals surface area contributed by atoms with E-state index >= 15 is 0 Å². The van der Waals surface area contributed by atoms with Crippen LogP contribution in [0.2, 0.25) is 0 Å². The van der Waals surface area contributed by atoms with E-state index in [1.165, 1.54) is 84.6 Å². The molecule has 10 aromatic rings. The van der Waals surface area contributed by atoms with Gasteiger partial charge in [-0.15, -0.1) is 0 Å². The zero-order valence-electron chi connectivity index (χ0n) is 47.1. The third-order valence-electron chi connectivity index (χ3n) is 14.5. The summed E-state index contributed by atoms with van der Waals surface area (Å²) in [5.74, 6) is 7.15. The van der Waals surface area contributed by atoms with Crippen molar-refractivity contribution in [3.05, 3.63) is 257 Å². The molecule has 1 aromatic heterocycles. The van der Waals surface area contributed by atoms with Gasteiger partial charge in [0.1, 0.15) is 59.5 Å². The Morgan fingerprint density at radius 2 is 0.765 bits per heavy atom. The maximum atomic E-state index is 6.04. The monoisotopic (exact) mass is 1080 g/mol. The molecular weight excluding hydrogens is 1010 g/mol. The van der Waals surface area contributed by atoms with E-state index < -0.39 is 0 Å². The second-order valence-corrected chi connectivity index (χ2v) is 19.5. The number of fused-ring (bicyclic) bond motifs is 8. The van der Waals surface area contributed by atoms with Crippen LogP contribution in [0.25, 0.3) is 39.4 Å². The highest BCUT2D eigenvalue weighted by atomic mass is 16.5. The smallest absolute Gasteiger partial charge is 0.162 e. The Kier molecular flexibility index (Phi) is 19.8. The molecule has 0 radical (unpaired) electrons. The van der Waals surface area contributed by atoms with Crippen molar-refractivity contribution >= 4 is 16.8 Å². The van der Waals surface area contributed by atoms with Crippen molar-refractivity contribution in [1.29, 1.82) is 0 Å². The fraction of sp³-hybridized carbons (Fsp3) is 0.197. The van der Waals surface area contributed by atoms with Gasteiger partial charge in [0, 0.05) is 16.5 Å². The molecule has 2 heterocycles. The molecule has 0 atom stereocenters. The molecule has 12 rings (SSSR count). The number of ether oxygens (including phenoxy) is 7. The van der Waals surface area contributed by atoms with Gasteiger partial charge >= 0.3 is 0 Å². The van der Waals surface area contributed by atoms with Crippen LogP contribution in [0.3, 0.4) is 0 Å². The Balaban J connectivity index is 0.000000133. The summed E-state index contributed by atoms with van der Waals surface area (Å²) in [6.07, 6.45) is 14.5. The maximum Gasteiger partial charge on any atom is 0.162 e. The predicted molar refractivity (Wildman–Crippen MR) is 326 cm³/mol. The van der Waals surface area contributed by atoms with E-state index in [-0.39, 0.29) is 0 Å². The van der Waals surface area contributed by atoms with Crippen molar-refractivity contribution in [3.63, 3.8) is 0 Å². The van der Waals surface area contributed by atoms with Crippen LogP contribution in [0.4, 0.5) is 0 Å². The maximum absolute atomic E-state index is 6.04. The molecule has 0 saturated heterocycles. The van der Waals surface area contributed by atoms with Gasteiger partial charge in [-0.1, -0.05) is 115 Å². The molecule has 0 saturated carbocycles. The lowest BCUT2D eigenvalue weighted by Gasteiger charge is -2.19. The summed E-state index contributed by atoms with van der Waals surface area (Å²) in [5, 5.41) is 2.44. The van der Waals surface area contributed by atoms with Crippen LogP contribution in [0.1, 0.15) is 50.1 Å². The van der Waals surface area contributed by atoms with Gasteiger partial charge in [0.15, 0.2) is 5.82 Å². The molecular formula is C71H69N3O7. The summed E-state index contributed by atoms with van der Waals surface area (Å²) >= 11 is 0. The largest absolute Gasteiger partial charge is 0.497 e. The third kappa shape index (κ3) is 15.0. The Labute approximate surface area is 476 Å². The molecule has 1 aliphatic carbocycles. The van der Waals surface area contributed by atoms with Gasteiger partial charge in [0.05, 0.1) is 42.7 Å². The quantitative estimate of drug-likeness (QED) is 0.0929. The summed E-state index contributed by atoms with van der Waals surface area (Å²) in [4.78, 5) is 12.5. The molecule has 0 bridgehead atoms. The van der Waals surface area contributed by atoms with E-state index in [1.807, 2.05) is 72.8 Å². The molecule has 9 aromatic carbocycles. The van der Waals surface area contributed by atoms with Gasteiger partial charge in [0.25, 0.3) is 0 Å². The normalized spacial score (nSPS) is 11.3. The molecule has 0 N–H and O–H groups in total. The Hall–Kier alpha value is -9.41. The van der Waals surface area contributed by atoms with Crippen LogP contribution in [-0.4, -0.2) is 64.2 Å². The lowest BCUT2D eigenvalue weighted by molar-refractivity contribution is 0.362. The molecule has 0 amide bonds. The van der Waals surface area contributed by atoms with E-state index in [1.54, 1.807) is 42.7 Å². The second-order valence-electron chi connectivity index (χ2n) is 19.5. The number of rotatable bonds is 16. The molecule has 81 heavy (non-hydrogen) atoms. The van der Waals surface area contributed by atoms with Crippen molar-refractivity contribution < 1.29 is 33.2 Å². The number of hydrogen-bond donors (Lipinski definition) is 0. The molecule has 10 nitrogen and oxygen atoms in total. The highest BCUT2D eigenvalue weighted by molar-refractivity contribution is 6.07. The summed E-state index contributed by atoms with van der Waals surface area (Å²) in [7, 11) is 10.1. The molecule has 1 aliphatic heterocycles. The van der Waals surface area contributed by atoms with Crippen molar-refractivity contribution in [2.24, 2.45) is 0 Å². The Bertz CT molecular complexity index is 3220. The van der Waals surface area contributed by atoms with Crippen LogP contribution in [0.5, 0.6) is 40.2 Å². The van der Waals surface area contributed by atoms with Crippen molar-refractivity contribution in [3.8, 4) is 62.8 Å².